The molecule has 2 unspecified atom stereocenters. The van der Waals surface area contributed by atoms with Crippen LogP contribution in [0.1, 0.15) is 47.9 Å². The summed E-state index contributed by atoms with van der Waals surface area (Å²) in [4.78, 5) is 32.7. The molecule has 0 radical (unpaired) electrons. The summed E-state index contributed by atoms with van der Waals surface area (Å²) in [5.41, 5.74) is 5.21. The number of rotatable bonds is 8. The second-order valence-corrected chi connectivity index (χ2v) is 11.7. The Morgan fingerprint density at radius 2 is 2.08 bits per heavy atom. The predicted octanol–water partition coefficient (Wildman–Crippen LogP) is 5.64. The van der Waals surface area contributed by atoms with Gasteiger partial charge in [0.15, 0.2) is 11.5 Å². The molecular weight excluding hydrogens is 580 g/mol. The number of fused-ring (bicyclic) bond motifs is 3. The topological polar surface area (TPSA) is 94.8 Å². The fourth-order valence-corrected chi connectivity index (χ4v) is 6.24. The van der Waals surface area contributed by atoms with E-state index in [-0.39, 0.29) is 5.56 Å². The first-order valence-corrected chi connectivity index (χ1v) is 14.3. The number of hydrogen-bond donors (Lipinski definition) is 1. The number of hydrogen-bond acceptors (Lipinski definition) is 7. The van der Waals surface area contributed by atoms with Gasteiger partial charge in [0.25, 0.3) is 11.5 Å². The summed E-state index contributed by atoms with van der Waals surface area (Å²) in [5.74, 6) is 1.35. The van der Waals surface area contributed by atoms with E-state index in [2.05, 4.69) is 38.4 Å². The van der Waals surface area contributed by atoms with Crippen molar-refractivity contribution in [2.24, 2.45) is 11.0 Å². The quantitative estimate of drug-likeness (QED) is 0.206. The number of methoxy groups -OCH3 is 1. The first-order valence-electron chi connectivity index (χ1n) is 12.7. The minimum absolute atomic E-state index is 0.179. The van der Waals surface area contributed by atoms with Gasteiger partial charge in [0, 0.05) is 9.35 Å². The van der Waals surface area contributed by atoms with E-state index < -0.39 is 11.9 Å². The average molecular weight is 610 g/mol. The lowest BCUT2D eigenvalue weighted by Gasteiger charge is -2.18. The molecule has 2 heterocycles. The SMILES string of the molecule is COc1cc(/C=N/NC(=O)C(C)n2cnc3sc4c(c3c2=O)CCC(C)C4)ccc1OCc1ccc(Br)cc1. The Morgan fingerprint density at radius 3 is 2.85 bits per heavy atom. The monoisotopic (exact) mass is 608 g/mol. The van der Waals surface area contributed by atoms with Gasteiger partial charge in [0.1, 0.15) is 17.5 Å². The number of aromatic nitrogens is 2. The van der Waals surface area contributed by atoms with Gasteiger partial charge in [-0.1, -0.05) is 35.0 Å². The van der Waals surface area contributed by atoms with Crippen LogP contribution >= 0.6 is 27.3 Å². The van der Waals surface area contributed by atoms with Gasteiger partial charge in [-0.3, -0.25) is 14.2 Å². The number of amides is 1. The molecule has 2 aromatic carbocycles. The lowest BCUT2D eigenvalue weighted by Crippen LogP contribution is -2.34. The van der Waals surface area contributed by atoms with E-state index in [1.54, 1.807) is 37.5 Å². The Kier molecular flexibility index (Phi) is 8.13. The van der Waals surface area contributed by atoms with Crippen molar-refractivity contribution in [1.82, 2.24) is 15.0 Å². The van der Waals surface area contributed by atoms with Crippen LogP contribution in [0.4, 0.5) is 0 Å². The predicted molar refractivity (Wildman–Crippen MR) is 157 cm³/mol. The number of nitrogens with one attached hydrogen (secondary N) is 1. The van der Waals surface area contributed by atoms with Gasteiger partial charge in [-0.2, -0.15) is 5.10 Å². The van der Waals surface area contributed by atoms with Gasteiger partial charge in [-0.05, 0) is 79.1 Å². The van der Waals surface area contributed by atoms with Gasteiger partial charge in [0.2, 0.25) is 0 Å². The minimum Gasteiger partial charge on any atom is -0.493 e. The summed E-state index contributed by atoms with van der Waals surface area (Å²) < 4.78 is 13.8. The summed E-state index contributed by atoms with van der Waals surface area (Å²) in [6.45, 7) is 4.30. The molecule has 202 valence electrons. The molecule has 10 heteroatoms. The molecule has 1 aliphatic rings. The van der Waals surface area contributed by atoms with Gasteiger partial charge < -0.3 is 9.47 Å². The van der Waals surface area contributed by atoms with Crippen LogP contribution < -0.4 is 20.5 Å². The molecule has 39 heavy (non-hydrogen) atoms. The number of carbonyl (C=O) groups excluding carboxylic acids is 1. The first-order chi connectivity index (χ1) is 18.8. The summed E-state index contributed by atoms with van der Waals surface area (Å²) in [6.07, 6.45) is 5.89. The van der Waals surface area contributed by atoms with Crippen LogP contribution in [0.2, 0.25) is 0 Å². The lowest BCUT2D eigenvalue weighted by atomic mass is 9.89. The van der Waals surface area contributed by atoms with Crippen LogP contribution in [0.5, 0.6) is 11.5 Å². The molecule has 0 saturated carbocycles. The van der Waals surface area contributed by atoms with E-state index in [9.17, 15) is 9.59 Å². The molecule has 1 amide bonds. The Balaban J connectivity index is 1.25. The fraction of sp³-hybridized carbons (Fsp3) is 0.310. The molecule has 0 bridgehead atoms. The van der Waals surface area contributed by atoms with E-state index in [0.717, 1.165) is 45.3 Å². The molecule has 4 aromatic rings. The molecule has 1 aliphatic carbocycles. The zero-order valence-corrected chi connectivity index (χ0v) is 24.3. The van der Waals surface area contributed by atoms with Crippen molar-refractivity contribution in [2.45, 2.75) is 45.8 Å². The summed E-state index contributed by atoms with van der Waals surface area (Å²) in [7, 11) is 1.57. The van der Waals surface area contributed by atoms with Crippen LogP contribution in [-0.2, 0) is 24.2 Å². The van der Waals surface area contributed by atoms with Crippen molar-refractivity contribution in [3.63, 3.8) is 0 Å². The van der Waals surface area contributed by atoms with Crippen molar-refractivity contribution < 1.29 is 14.3 Å². The fourth-order valence-electron chi connectivity index (χ4n) is 4.64. The summed E-state index contributed by atoms with van der Waals surface area (Å²) in [5, 5.41) is 4.75. The molecule has 2 atom stereocenters. The third kappa shape index (κ3) is 5.91. The largest absolute Gasteiger partial charge is 0.493 e. The lowest BCUT2D eigenvalue weighted by molar-refractivity contribution is -0.123. The van der Waals surface area contributed by atoms with Crippen LogP contribution in [0.25, 0.3) is 10.2 Å². The second kappa shape index (κ2) is 11.7. The number of ether oxygens (including phenoxy) is 2. The highest BCUT2D eigenvalue weighted by Crippen LogP contribution is 2.35. The Morgan fingerprint density at radius 1 is 1.28 bits per heavy atom. The second-order valence-electron chi connectivity index (χ2n) is 9.72. The van der Waals surface area contributed by atoms with Gasteiger partial charge in [-0.15, -0.1) is 11.3 Å². The molecule has 0 fully saturated rings. The average Bonchev–Trinajstić information content (AvgIpc) is 3.31. The maximum Gasteiger partial charge on any atom is 0.263 e. The summed E-state index contributed by atoms with van der Waals surface area (Å²) >= 11 is 5.02. The van der Waals surface area contributed by atoms with Gasteiger partial charge >= 0.3 is 0 Å². The number of carbonyl (C=O) groups is 1. The highest BCUT2D eigenvalue weighted by atomic mass is 79.9. The third-order valence-corrected chi connectivity index (χ3v) is 8.61. The Bertz CT molecular complexity index is 1600. The number of nitrogens with zero attached hydrogens (tertiary/aromatic N) is 3. The molecular formula is C29H29BrN4O4S. The normalized spacial score (nSPS) is 15.7. The van der Waals surface area contributed by atoms with Crippen LogP contribution in [0.3, 0.4) is 0 Å². The van der Waals surface area contributed by atoms with Crippen molar-refractivity contribution in [3.8, 4) is 11.5 Å². The molecule has 1 N–H and O–H groups in total. The number of halogens is 1. The number of thiophene rings is 1. The van der Waals surface area contributed by atoms with Crippen LogP contribution in [0.15, 0.2) is 63.2 Å². The van der Waals surface area contributed by atoms with Gasteiger partial charge in [-0.25, -0.2) is 10.4 Å². The molecule has 2 aromatic heterocycles. The summed E-state index contributed by atoms with van der Waals surface area (Å²) in [6, 6.07) is 12.5. The van der Waals surface area contributed by atoms with E-state index in [0.29, 0.717) is 29.4 Å². The maximum absolute atomic E-state index is 13.3. The van der Waals surface area contributed by atoms with Gasteiger partial charge in [0.05, 0.1) is 25.0 Å². The Hall–Kier alpha value is -3.50. The molecule has 0 spiro atoms. The highest BCUT2D eigenvalue weighted by molar-refractivity contribution is 9.10. The molecule has 0 saturated heterocycles. The van der Waals surface area contributed by atoms with Crippen molar-refractivity contribution in [3.05, 3.63) is 85.2 Å². The zero-order valence-electron chi connectivity index (χ0n) is 21.9. The standard InChI is InChI=1S/C29H29BrN4O4S/c1-17-4-10-22-25(12-17)39-28-26(22)29(36)34(16-31-28)18(2)27(35)33-32-14-20-7-11-23(24(13-20)37-3)38-15-19-5-8-21(30)9-6-19/h5-9,11,13-14,16-18H,4,10,12,15H2,1-3H3,(H,33,35)/b32-14+. The first kappa shape index (κ1) is 27.1. The van der Waals surface area contributed by atoms with Crippen molar-refractivity contribution in [2.75, 3.05) is 7.11 Å². The van der Waals surface area contributed by atoms with E-state index in [1.807, 2.05) is 30.3 Å². The third-order valence-electron chi connectivity index (χ3n) is 6.92. The Labute approximate surface area is 238 Å². The molecule has 0 aliphatic heterocycles. The van der Waals surface area contributed by atoms with E-state index >= 15 is 0 Å². The molecule has 5 rings (SSSR count). The van der Waals surface area contributed by atoms with Crippen molar-refractivity contribution in [1.29, 1.82) is 0 Å². The van der Waals surface area contributed by atoms with Crippen molar-refractivity contribution >= 4 is 49.6 Å². The smallest absolute Gasteiger partial charge is 0.263 e. The number of benzene rings is 2. The van der Waals surface area contributed by atoms with E-state index in [1.165, 1.54) is 22.0 Å². The number of hydrazone groups is 1. The number of aryl methyl sites for hydroxylation is 1. The zero-order chi connectivity index (χ0) is 27.5. The minimum atomic E-state index is -0.770. The highest BCUT2D eigenvalue weighted by Gasteiger charge is 2.25. The maximum atomic E-state index is 13.3. The van der Waals surface area contributed by atoms with Crippen LogP contribution in [-0.4, -0.2) is 28.8 Å². The molecule has 8 nitrogen and oxygen atoms in total. The van der Waals surface area contributed by atoms with E-state index in [4.69, 9.17) is 9.47 Å². The van der Waals surface area contributed by atoms with Crippen LogP contribution in [0, 0.1) is 5.92 Å².